The number of fused-ring (bicyclic) bond motifs is 1. The van der Waals surface area contributed by atoms with E-state index in [1.54, 1.807) is 17.9 Å². The first-order valence-corrected chi connectivity index (χ1v) is 6.37. The highest BCUT2D eigenvalue weighted by Crippen LogP contribution is 2.27. The summed E-state index contributed by atoms with van der Waals surface area (Å²) in [6.07, 6.45) is 2.92. The summed E-state index contributed by atoms with van der Waals surface area (Å²) >= 11 is 0. The van der Waals surface area contributed by atoms with E-state index in [2.05, 4.69) is 15.4 Å². The van der Waals surface area contributed by atoms with Crippen molar-refractivity contribution >= 4 is 22.7 Å². The number of hydrogen-bond acceptors (Lipinski definition) is 5. The van der Waals surface area contributed by atoms with Crippen molar-refractivity contribution in [3.05, 3.63) is 18.0 Å². The van der Waals surface area contributed by atoms with Gasteiger partial charge in [0.15, 0.2) is 5.65 Å². The molecule has 0 aliphatic rings. The predicted molar refractivity (Wildman–Crippen MR) is 74.8 cm³/mol. The smallest absolute Gasteiger partial charge is 0.339 e. The van der Waals surface area contributed by atoms with Crippen LogP contribution in [0.1, 0.15) is 24.2 Å². The minimum Gasteiger partial charge on any atom is -0.478 e. The number of pyridine rings is 1. The van der Waals surface area contributed by atoms with Crippen LogP contribution in [0, 0.1) is 5.92 Å². The lowest BCUT2D eigenvalue weighted by atomic mass is 10.0. The van der Waals surface area contributed by atoms with E-state index >= 15 is 0 Å². The molecule has 2 atom stereocenters. The Morgan fingerprint density at radius 3 is 2.75 bits per heavy atom. The highest BCUT2D eigenvalue weighted by atomic mass is 16.4. The molecule has 7 heteroatoms. The summed E-state index contributed by atoms with van der Waals surface area (Å²) in [5.41, 5.74) is 1.20. The molecule has 2 heterocycles. The Hall–Kier alpha value is -2.15. The summed E-state index contributed by atoms with van der Waals surface area (Å²) < 4.78 is 1.59. The zero-order valence-electron chi connectivity index (χ0n) is 11.7. The number of nitrogens with one attached hydrogen (secondary N) is 1. The first-order chi connectivity index (χ1) is 9.45. The van der Waals surface area contributed by atoms with Crippen LogP contribution in [-0.2, 0) is 7.05 Å². The third kappa shape index (κ3) is 2.44. The largest absolute Gasteiger partial charge is 0.478 e. The van der Waals surface area contributed by atoms with Crippen LogP contribution in [-0.4, -0.2) is 43.6 Å². The molecule has 7 nitrogen and oxygen atoms in total. The lowest BCUT2D eigenvalue weighted by Crippen LogP contribution is -2.27. The fourth-order valence-corrected chi connectivity index (χ4v) is 1.94. The van der Waals surface area contributed by atoms with Gasteiger partial charge in [-0.05, 0) is 12.8 Å². The van der Waals surface area contributed by atoms with Gasteiger partial charge in [-0.2, -0.15) is 5.10 Å². The van der Waals surface area contributed by atoms with Crippen molar-refractivity contribution < 1.29 is 15.0 Å². The van der Waals surface area contributed by atoms with Crippen LogP contribution in [0.25, 0.3) is 11.0 Å². The van der Waals surface area contributed by atoms with Gasteiger partial charge in [-0.15, -0.1) is 0 Å². The van der Waals surface area contributed by atoms with E-state index in [-0.39, 0.29) is 24.1 Å². The first kappa shape index (κ1) is 14.3. The minimum atomic E-state index is -1.05. The van der Waals surface area contributed by atoms with E-state index in [0.29, 0.717) is 16.7 Å². The topological polar surface area (TPSA) is 100 Å². The fraction of sp³-hybridized carbons (Fsp3) is 0.462. The molecule has 0 spiro atoms. The average molecular weight is 278 g/mol. The van der Waals surface area contributed by atoms with Gasteiger partial charge in [0.1, 0.15) is 5.56 Å². The number of anilines is 1. The summed E-state index contributed by atoms with van der Waals surface area (Å²) in [5, 5.41) is 26.4. The highest BCUT2D eigenvalue weighted by molar-refractivity contribution is 6.03. The van der Waals surface area contributed by atoms with Crippen LogP contribution in [0.5, 0.6) is 0 Å². The first-order valence-electron chi connectivity index (χ1n) is 6.37. The van der Waals surface area contributed by atoms with Gasteiger partial charge in [0.25, 0.3) is 0 Å². The molecule has 2 unspecified atom stereocenters. The van der Waals surface area contributed by atoms with Crippen molar-refractivity contribution in [3.8, 4) is 0 Å². The number of hydrogen-bond donors (Lipinski definition) is 3. The Bertz CT molecular complexity index is 638. The second kappa shape index (κ2) is 5.46. The average Bonchev–Trinajstić information content (AvgIpc) is 2.80. The Morgan fingerprint density at radius 1 is 1.45 bits per heavy atom. The van der Waals surface area contributed by atoms with Gasteiger partial charge in [-0.25, -0.2) is 9.78 Å². The molecule has 0 amide bonds. The van der Waals surface area contributed by atoms with Crippen LogP contribution < -0.4 is 5.32 Å². The SMILES string of the molecule is CC(CO)C(C)Nc1c(C(=O)O)cnc2c1cnn2C. The predicted octanol–water partition coefficient (Wildman–Crippen LogP) is 1.10. The van der Waals surface area contributed by atoms with Crippen LogP contribution in [0.3, 0.4) is 0 Å². The maximum Gasteiger partial charge on any atom is 0.339 e. The maximum atomic E-state index is 11.3. The van der Waals surface area contributed by atoms with E-state index in [1.165, 1.54) is 6.20 Å². The molecule has 2 aromatic heterocycles. The van der Waals surface area contributed by atoms with Crippen LogP contribution >= 0.6 is 0 Å². The number of carbonyl (C=O) groups is 1. The molecule has 0 aliphatic carbocycles. The molecule has 3 N–H and O–H groups in total. The van der Waals surface area contributed by atoms with Crippen LogP contribution in [0.15, 0.2) is 12.4 Å². The summed E-state index contributed by atoms with van der Waals surface area (Å²) in [4.78, 5) is 15.5. The zero-order valence-corrected chi connectivity index (χ0v) is 11.7. The standard InChI is InChI=1S/C13H18N4O3/c1-7(6-18)8(2)16-11-9-5-15-17(3)12(9)14-4-10(11)13(19)20/h4-5,7-8,18H,6H2,1-3H3,(H,14,16)(H,19,20). The summed E-state index contributed by atoms with van der Waals surface area (Å²) in [6.45, 7) is 3.81. The van der Waals surface area contributed by atoms with Gasteiger partial charge in [-0.3, -0.25) is 4.68 Å². The molecule has 20 heavy (non-hydrogen) atoms. The Kier molecular flexibility index (Phi) is 3.89. The Morgan fingerprint density at radius 2 is 2.15 bits per heavy atom. The number of rotatable bonds is 5. The number of carboxylic acid groups (broad SMARTS) is 1. The van der Waals surface area contributed by atoms with Gasteiger partial charge in [0.05, 0.1) is 17.3 Å². The van der Waals surface area contributed by atoms with Crippen molar-refractivity contribution in [2.24, 2.45) is 13.0 Å². The molecule has 108 valence electrons. The molecule has 0 aliphatic heterocycles. The normalized spacial score (nSPS) is 14.2. The Labute approximate surface area is 116 Å². The number of nitrogens with zero attached hydrogens (tertiary/aromatic N) is 3. The monoisotopic (exact) mass is 278 g/mol. The zero-order chi connectivity index (χ0) is 14.9. The van der Waals surface area contributed by atoms with E-state index in [1.807, 2.05) is 13.8 Å². The highest BCUT2D eigenvalue weighted by Gasteiger charge is 2.20. The van der Waals surface area contributed by atoms with Gasteiger partial charge in [0.2, 0.25) is 0 Å². The fourth-order valence-electron chi connectivity index (χ4n) is 1.94. The number of aliphatic hydroxyl groups excluding tert-OH is 1. The van der Waals surface area contributed by atoms with Crippen molar-refractivity contribution in [2.45, 2.75) is 19.9 Å². The second-order valence-corrected chi connectivity index (χ2v) is 4.95. The number of aliphatic hydroxyl groups is 1. The van der Waals surface area contributed by atoms with E-state index in [9.17, 15) is 15.0 Å². The molecule has 0 aromatic carbocycles. The molecule has 2 aromatic rings. The van der Waals surface area contributed by atoms with Crippen LogP contribution in [0.4, 0.5) is 5.69 Å². The van der Waals surface area contributed by atoms with Gasteiger partial charge in [-0.1, -0.05) is 6.92 Å². The number of aromatic nitrogens is 3. The third-order valence-electron chi connectivity index (χ3n) is 3.51. The van der Waals surface area contributed by atoms with Crippen LogP contribution in [0.2, 0.25) is 0 Å². The summed E-state index contributed by atoms with van der Waals surface area (Å²) in [7, 11) is 1.75. The van der Waals surface area contributed by atoms with Crippen molar-refractivity contribution in [1.29, 1.82) is 0 Å². The van der Waals surface area contributed by atoms with E-state index in [0.717, 1.165) is 0 Å². The quantitative estimate of drug-likeness (QED) is 0.757. The summed E-state index contributed by atoms with van der Waals surface area (Å²) in [5.74, 6) is -1.05. The minimum absolute atomic E-state index is 0.00321. The van der Waals surface area contributed by atoms with Gasteiger partial charge >= 0.3 is 5.97 Å². The second-order valence-electron chi connectivity index (χ2n) is 4.95. The summed E-state index contributed by atoms with van der Waals surface area (Å²) in [6, 6.07) is -0.0797. The number of carboxylic acids is 1. The van der Waals surface area contributed by atoms with E-state index in [4.69, 9.17) is 0 Å². The van der Waals surface area contributed by atoms with Crippen molar-refractivity contribution in [2.75, 3.05) is 11.9 Å². The number of aromatic carboxylic acids is 1. The molecule has 0 bridgehead atoms. The molecule has 0 radical (unpaired) electrons. The molecule has 0 saturated heterocycles. The van der Waals surface area contributed by atoms with Crippen molar-refractivity contribution in [3.63, 3.8) is 0 Å². The van der Waals surface area contributed by atoms with Gasteiger partial charge < -0.3 is 15.5 Å². The lowest BCUT2D eigenvalue weighted by molar-refractivity contribution is 0.0697. The lowest BCUT2D eigenvalue weighted by Gasteiger charge is -2.22. The molecule has 0 fully saturated rings. The van der Waals surface area contributed by atoms with E-state index < -0.39 is 5.97 Å². The molecule has 0 saturated carbocycles. The van der Waals surface area contributed by atoms with Crippen molar-refractivity contribution in [1.82, 2.24) is 14.8 Å². The molecular formula is C13H18N4O3. The molecular weight excluding hydrogens is 260 g/mol. The Balaban J connectivity index is 2.52. The molecule has 2 rings (SSSR count). The third-order valence-corrected chi connectivity index (χ3v) is 3.51. The van der Waals surface area contributed by atoms with Gasteiger partial charge in [0, 0.05) is 25.9 Å². The number of aryl methyl sites for hydroxylation is 1. The maximum absolute atomic E-state index is 11.3.